The highest BCUT2D eigenvalue weighted by atomic mass is 32.2. The molecule has 0 bridgehead atoms. The molecule has 0 aliphatic heterocycles. The number of ether oxygens (including phenoxy) is 2. The summed E-state index contributed by atoms with van der Waals surface area (Å²) < 4.78 is 39.4. The van der Waals surface area contributed by atoms with Gasteiger partial charge in [0, 0.05) is 19.7 Å². The zero-order valence-electron chi connectivity index (χ0n) is 18.9. The standard InChI is InChI=1S/C25H28N2O5S/c1-27(18-20-12-8-5-9-13-20)25(28)22(16-19-10-6-4-7-11-19)26-33(29,30)21-14-15-23(31-2)24(17-21)32-3/h4-15,17,22,26H,16,18H2,1-3H3/t22-/m1/s1. The van der Waals surface area contributed by atoms with Gasteiger partial charge in [-0.3, -0.25) is 4.79 Å². The number of likely N-dealkylation sites (N-methyl/N-ethyl adjacent to an activating group) is 1. The van der Waals surface area contributed by atoms with Gasteiger partial charge >= 0.3 is 0 Å². The van der Waals surface area contributed by atoms with Crippen LogP contribution in [0.3, 0.4) is 0 Å². The highest BCUT2D eigenvalue weighted by molar-refractivity contribution is 7.89. The Morgan fingerprint density at radius 1 is 0.879 bits per heavy atom. The quantitative estimate of drug-likeness (QED) is 0.494. The molecule has 0 saturated heterocycles. The zero-order chi connectivity index (χ0) is 23.8. The minimum absolute atomic E-state index is 0.0169. The monoisotopic (exact) mass is 468 g/mol. The van der Waals surface area contributed by atoms with E-state index < -0.39 is 16.1 Å². The first-order valence-corrected chi connectivity index (χ1v) is 11.9. The molecule has 0 fully saturated rings. The van der Waals surface area contributed by atoms with E-state index in [1.165, 1.54) is 37.3 Å². The Labute approximate surface area is 195 Å². The van der Waals surface area contributed by atoms with E-state index in [1.54, 1.807) is 7.05 Å². The molecule has 1 atom stereocenters. The average molecular weight is 469 g/mol. The SMILES string of the molecule is COc1ccc(S(=O)(=O)N[C@H](Cc2ccccc2)C(=O)N(C)Cc2ccccc2)cc1OC. The summed E-state index contributed by atoms with van der Waals surface area (Å²) in [5.74, 6) is 0.371. The number of hydrogen-bond donors (Lipinski definition) is 1. The Balaban J connectivity index is 1.88. The smallest absolute Gasteiger partial charge is 0.241 e. The lowest BCUT2D eigenvalue weighted by atomic mass is 10.1. The van der Waals surface area contributed by atoms with E-state index in [0.29, 0.717) is 12.3 Å². The largest absolute Gasteiger partial charge is 0.493 e. The number of carbonyl (C=O) groups is 1. The number of carbonyl (C=O) groups excluding carboxylic acids is 1. The number of amides is 1. The van der Waals surface area contributed by atoms with Gasteiger partial charge in [-0.05, 0) is 29.7 Å². The second-order valence-corrected chi connectivity index (χ2v) is 9.27. The van der Waals surface area contributed by atoms with Crippen LogP contribution in [0.2, 0.25) is 0 Å². The van der Waals surface area contributed by atoms with Crippen molar-refractivity contribution in [2.24, 2.45) is 0 Å². The maximum Gasteiger partial charge on any atom is 0.241 e. The first kappa shape index (κ1) is 24.3. The molecule has 3 aromatic rings. The zero-order valence-corrected chi connectivity index (χ0v) is 19.7. The fourth-order valence-electron chi connectivity index (χ4n) is 3.47. The van der Waals surface area contributed by atoms with Gasteiger partial charge in [0.15, 0.2) is 11.5 Å². The van der Waals surface area contributed by atoms with Gasteiger partial charge < -0.3 is 14.4 Å². The van der Waals surface area contributed by atoms with E-state index in [0.717, 1.165) is 11.1 Å². The summed E-state index contributed by atoms with van der Waals surface area (Å²) in [7, 11) is 0.549. The molecule has 0 heterocycles. The van der Waals surface area contributed by atoms with Crippen LogP contribution in [0.5, 0.6) is 11.5 Å². The maximum atomic E-state index is 13.3. The topological polar surface area (TPSA) is 84.9 Å². The van der Waals surface area contributed by atoms with Crippen molar-refractivity contribution in [3.8, 4) is 11.5 Å². The van der Waals surface area contributed by atoms with Crippen molar-refractivity contribution in [1.82, 2.24) is 9.62 Å². The summed E-state index contributed by atoms with van der Waals surface area (Å²) in [6.07, 6.45) is 0.214. The van der Waals surface area contributed by atoms with Gasteiger partial charge in [0.05, 0.1) is 19.1 Å². The molecular weight excluding hydrogens is 440 g/mol. The van der Waals surface area contributed by atoms with E-state index in [2.05, 4.69) is 4.72 Å². The molecule has 3 rings (SSSR count). The van der Waals surface area contributed by atoms with Crippen molar-refractivity contribution >= 4 is 15.9 Å². The molecule has 0 aliphatic rings. The highest BCUT2D eigenvalue weighted by Gasteiger charge is 2.29. The molecule has 0 unspecified atom stereocenters. The van der Waals surface area contributed by atoms with Crippen molar-refractivity contribution in [2.75, 3.05) is 21.3 Å². The molecule has 8 heteroatoms. The summed E-state index contributed by atoms with van der Waals surface area (Å²) in [5.41, 5.74) is 1.80. The van der Waals surface area contributed by atoms with Crippen LogP contribution < -0.4 is 14.2 Å². The minimum Gasteiger partial charge on any atom is -0.493 e. The van der Waals surface area contributed by atoms with Crippen LogP contribution in [0.4, 0.5) is 0 Å². The first-order chi connectivity index (χ1) is 15.8. The second-order valence-electron chi connectivity index (χ2n) is 7.56. The molecule has 1 amide bonds. The maximum absolute atomic E-state index is 13.3. The number of nitrogens with zero attached hydrogens (tertiary/aromatic N) is 1. The molecule has 174 valence electrons. The first-order valence-electron chi connectivity index (χ1n) is 10.4. The molecule has 0 aliphatic carbocycles. The van der Waals surface area contributed by atoms with Gasteiger partial charge in [0.2, 0.25) is 15.9 Å². The van der Waals surface area contributed by atoms with E-state index in [-0.39, 0.29) is 23.0 Å². The van der Waals surface area contributed by atoms with Crippen LogP contribution in [0.25, 0.3) is 0 Å². The van der Waals surface area contributed by atoms with Gasteiger partial charge in [-0.15, -0.1) is 0 Å². The predicted octanol–water partition coefficient (Wildman–Crippen LogP) is 3.25. The van der Waals surface area contributed by atoms with E-state index in [4.69, 9.17) is 9.47 Å². The molecule has 33 heavy (non-hydrogen) atoms. The predicted molar refractivity (Wildman–Crippen MR) is 127 cm³/mol. The van der Waals surface area contributed by atoms with Gasteiger partial charge in [-0.25, -0.2) is 8.42 Å². The fourth-order valence-corrected chi connectivity index (χ4v) is 4.67. The molecule has 0 aromatic heterocycles. The minimum atomic E-state index is -4.02. The van der Waals surface area contributed by atoms with Crippen LogP contribution in [-0.2, 0) is 27.8 Å². The number of nitrogens with one attached hydrogen (secondary N) is 1. The lowest BCUT2D eigenvalue weighted by Gasteiger charge is -2.25. The number of rotatable bonds is 10. The molecule has 1 N–H and O–H groups in total. The molecule has 7 nitrogen and oxygen atoms in total. The van der Waals surface area contributed by atoms with Crippen molar-refractivity contribution in [3.63, 3.8) is 0 Å². The number of methoxy groups -OCH3 is 2. The van der Waals surface area contributed by atoms with Gasteiger partial charge in [0.1, 0.15) is 6.04 Å². The van der Waals surface area contributed by atoms with Crippen LogP contribution in [0.1, 0.15) is 11.1 Å². The summed E-state index contributed by atoms with van der Waals surface area (Å²) in [6, 6.07) is 22.2. The Morgan fingerprint density at radius 2 is 1.45 bits per heavy atom. The number of benzene rings is 3. The highest BCUT2D eigenvalue weighted by Crippen LogP contribution is 2.29. The van der Waals surface area contributed by atoms with Crippen molar-refractivity contribution in [1.29, 1.82) is 0 Å². The lowest BCUT2D eigenvalue weighted by Crippen LogP contribution is -2.48. The Hall–Kier alpha value is -3.36. The van der Waals surface area contributed by atoms with Crippen molar-refractivity contribution in [2.45, 2.75) is 23.9 Å². The normalized spacial score (nSPS) is 12.1. The van der Waals surface area contributed by atoms with E-state index >= 15 is 0 Å². The van der Waals surface area contributed by atoms with E-state index in [9.17, 15) is 13.2 Å². The molecular formula is C25H28N2O5S. The van der Waals surface area contributed by atoms with Crippen LogP contribution in [-0.4, -0.2) is 46.5 Å². The van der Waals surface area contributed by atoms with Crippen LogP contribution in [0, 0.1) is 0 Å². The lowest BCUT2D eigenvalue weighted by molar-refractivity contribution is -0.132. The number of sulfonamides is 1. The number of hydrogen-bond acceptors (Lipinski definition) is 5. The summed E-state index contributed by atoms with van der Waals surface area (Å²) in [6.45, 7) is 0.364. The summed E-state index contributed by atoms with van der Waals surface area (Å²) in [5, 5.41) is 0. The molecule has 0 spiro atoms. The molecule has 3 aromatic carbocycles. The Morgan fingerprint density at radius 3 is 2.03 bits per heavy atom. The summed E-state index contributed by atoms with van der Waals surface area (Å²) >= 11 is 0. The third-order valence-electron chi connectivity index (χ3n) is 5.18. The van der Waals surface area contributed by atoms with Gasteiger partial charge in [-0.2, -0.15) is 4.72 Å². The molecule has 0 saturated carbocycles. The van der Waals surface area contributed by atoms with Gasteiger partial charge in [-0.1, -0.05) is 60.7 Å². The third kappa shape index (κ3) is 6.34. The second kappa shape index (κ2) is 11.0. The summed E-state index contributed by atoms with van der Waals surface area (Å²) in [4.78, 5) is 14.8. The van der Waals surface area contributed by atoms with Crippen LogP contribution >= 0.6 is 0 Å². The van der Waals surface area contributed by atoms with Crippen molar-refractivity contribution < 1.29 is 22.7 Å². The third-order valence-corrected chi connectivity index (χ3v) is 6.65. The van der Waals surface area contributed by atoms with Gasteiger partial charge in [0.25, 0.3) is 0 Å². The van der Waals surface area contributed by atoms with Crippen molar-refractivity contribution in [3.05, 3.63) is 90.0 Å². The Kier molecular flexibility index (Phi) is 8.08. The van der Waals surface area contributed by atoms with E-state index in [1.807, 2.05) is 60.7 Å². The fraction of sp³-hybridized carbons (Fsp3) is 0.240. The Bertz CT molecular complexity index is 1170. The molecule has 0 radical (unpaired) electrons. The average Bonchev–Trinajstić information content (AvgIpc) is 2.83. The van der Waals surface area contributed by atoms with Crippen LogP contribution in [0.15, 0.2) is 83.8 Å².